The van der Waals surface area contributed by atoms with Gasteiger partial charge >= 0.3 is 0 Å². The van der Waals surface area contributed by atoms with Gasteiger partial charge in [0.2, 0.25) is 0 Å². The first kappa shape index (κ1) is 12.7. The molecule has 0 spiro atoms. The van der Waals surface area contributed by atoms with Gasteiger partial charge in [0.1, 0.15) is 5.82 Å². The Morgan fingerprint density at radius 1 is 1.53 bits per heavy atom. The van der Waals surface area contributed by atoms with Crippen LogP contribution in [0.5, 0.6) is 0 Å². The van der Waals surface area contributed by atoms with Crippen LogP contribution in [0.1, 0.15) is 22.4 Å². The second-order valence-electron chi connectivity index (χ2n) is 3.74. The molecule has 0 fully saturated rings. The van der Waals surface area contributed by atoms with Crippen LogP contribution in [0, 0.1) is 12.7 Å². The van der Waals surface area contributed by atoms with Gasteiger partial charge in [0.15, 0.2) is 0 Å². The third-order valence-electron chi connectivity index (χ3n) is 2.39. The van der Waals surface area contributed by atoms with E-state index in [4.69, 9.17) is 0 Å². The van der Waals surface area contributed by atoms with Crippen molar-refractivity contribution in [1.82, 2.24) is 4.98 Å². The highest BCUT2D eigenvalue weighted by atomic mass is 79.9. The fraction of sp³-hybridized carbons (Fsp3) is 0.250. The van der Waals surface area contributed by atoms with Gasteiger partial charge in [-0.25, -0.2) is 9.37 Å². The van der Waals surface area contributed by atoms with Crippen LogP contribution < -0.4 is 0 Å². The van der Waals surface area contributed by atoms with Crippen molar-refractivity contribution in [2.24, 2.45) is 0 Å². The molecule has 0 aliphatic carbocycles. The second kappa shape index (κ2) is 5.25. The number of aliphatic hydroxyl groups excluding tert-OH is 1. The second-order valence-corrected chi connectivity index (χ2v) is 5.72. The summed E-state index contributed by atoms with van der Waals surface area (Å²) in [7, 11) is 0. The molecule has 1 N–H and O–H groups in total. The standard InChI is InChI=1S/C12H11BrFNOS/c1-7-15-9(6-17-7)5-12(16)10-4-8(13)2-3-11(10)14/h2-4,6,12,16H,5H2,1H3. The molecule has 1 unspecified atom stereocenters. The van der Waals surface area contributed by atoms with E-state index in [1.807, 2.05) is 12.3 Å². The molecule has 1 aromatic heterocycles. The van der Waals surface area contributed by atoms with E-state index in [0.717, 1.165) is 15.2 Å². The summed E-state index contributed by atoms with van der Waals surface area (Å²) >= 11 is 4.79. The average Bonchev–Trinajstić information content (AvgIpc) is 2.67. The number of benzene rings is 1. The molecular weight excluding hydrogens is 305 g/mol. The van der Waals surface area contributed by atoms with Gasteiger partial charge in [-0.15, -0.1) is 11.3 Å². The van der Waals surface area contributed by atoms with E-state index < -0.39 is 11.9 Å². The van der Waals surface area contributed by atoms with Crippen molar-refractivity contribution in [2.75, 3.05) is 0 Å². The fourth-order valence-corrected chi connectivity index (χ4v) is 2.58. The number of hydrogen-bond acceptors (Lipinski definition) is 3. The first-order chi connectivity index (χ1) is 8.06. The molecule has 2 aromatic rings. The normalized spacial score (nSPS) is 12.7. The molecule has 2 nitrogen and oxygen atoms in total. The van der Waals surface area contributed by atoms with Crippen molar-refractivity contribution in [3.63, 3.8) is 0 Å². The highest BCUT2D eigenvalue weighted by molar-refractivity contribution is 9.10. The Balaban J connectivity index is 2.19. The highest BCUT2D eigenvalue weighted by Gasteiger charge is 2.15. The van der Waals surface area contributed by atoms with Crippen LogP contribution in [0.25, 0.3) is 0 Å². The molecule has 1 atom stereocenters. The number of thiazole rings is 1. The predicted molar refractivity (Wildman–Crippen MR) is 69.6 cm³/mol. The molecule has 2 rings (SSSR count). The van der Waals surface area contributed by atoms with Gasteiger partial charge < -0.3 is 5.11 Å². The molecule has 0 bridgehead atoms. The van der Waals surface area contributed by atoms with E-state index in [9.17, 15) is 9.50 Å². The van der Waals surface area contributed by atoms with E-state index in [0.29, 0.717) is 12.0 Å². The Bertz CT molecular complexity index is 529. The maximum Gasteiger partial charge on any atom is 0.129 e. The van der Waals surface area contributed by atoms with Crippen molar-refractivity contribution < 1.29 is 9.50 Å². The number of nitrogens with zero attached hydrogens (tertiary/aromatic N) is 1. The minimum atomic E-state index is -0.867. The minimum absolute atomic E-state index is 0.296. The third kappa shape index (κ3) is 3.12. The van der Waals surface area contributed by atoms with E-state index in [-0.39, 0.29) is 0 Å². The number of hydrogen-bond donors (Lipinski definition) is 1. The predicted octanol–water partition coefficient (Wildman–Crippen LogP) is 3.63. The number of halogens is 2. The van der Waals surface area contributed by atoms with E-state index in [1.54, 1.807) is 12.1 Å². The molecule has 1 heterocycles. The third-order valence-corrected chi connectivity index (χ3v) is 3.70. The molecule has 1 aromatic carbocycles. The lowest BCUT2D eigenvalue weighted by molar-refractivity contribution is 0.172. The summed E-state index contributed by atoms with van der Waals surface area (Å²) in [5.74, 6) is -0.396. The fourth-order valence-electron chi connectivity index (χ4n) is 1.58. The van der Waals surface area contributed by atoms with Gasteiger partial charge in [0.05, 0.1) is 16.8 Å². The molecule has 0 aliphatic heterocycles. The maximum absolute atomic E-state index is 13.5. The first-order valence-electron chi connectivity index (χ1n) is 5.10. The van der Waals surface area contributed by atoms with Crippen LogP contribution in [0.2, 0.25) is 0 Å². The summed E-state index contributed by atoms with van der Waals surface area (Å²) in [5.41, 5.74) is 1.09. The van der Waals surface area contributed by atoms with E-state index in [1.165, 1.54) is 17.4 Å². The van der Waals surface area contributed by atoms with E-state index in [2.05, 4.69) is 20.9 Å². The molecule has 0 saturated heterocycles. The summed E-state index contributed by atoms with van der Waals surface area (Å²) in [4.78, 5) is 4.25. The Morgan fingerprint density at radius 2 is 2.29 bits per heavy atom. The van der Waals surface area contributed by atoms with Gasteiger partial charge in [0, 0.05) is 21.8 Å². The zero-order valence-corrected chi connectivity index (χ0v) is 11.6. The van der Waals surface area contributed by atoms with Crippen molar-refractivity contribution >= 4 is 27.3 Å². The molecule has 0 amide bonds. The largest absolute Gasteiger partial charge is 0.388 e. The summed E-state index contributed by atoms with van der Waals surface area (Å²) in [6.45, 7) is 1.90. The zero-order chi connectivity index (χ0) is 12.4. The molecule has 17 heavy (non-hydrogen) atoms. The first-order valence-corrected chi connectivity index (χ1v) is 6.77. The van der Waals surface area contributed by atoms with Crippen LogP contribution in [-0.2, 0) is 6.42 Å². The van der Waals surface area contributed by atoms with Crippen LogP contribution in [0.4, 0.5) is 4.39 Å². The number of aliphatic hydroxyl groups is 1. The van der Waals surface area contributed by atoms with Gasteiger partial charge in [-0.3, -0.25) is 0 Å². The SMILES string of the molecule is Cc1nc(CC(O)c2cc(Br)ccc2F)cs1. The topological polar surface area (TPSA) is 33.1 Å². The van der Waals surface area contributed by atoms with Crippen LogP contribution in [0.15, 0.2) is 28.1 Å². The van der Waals surface area contributed by atoms with Crippen molar-refractivity contribution in [2.45, 2.75) is 19.4 Å². The van der Waals surface area contributed by atoms with Crippen molar-refractivity contribution in [3.8, 4) is 0 Å². The van der Waals surface area contributed by atoms with Gasteiger partial charge in [-0.05, 0) is 25.1 Å². The lowest BCUT2D eigenvalue weighted by Crippen LogP contribution is -2.04. The Kier molecular flexibility index (Phi) is 3.91. The monoisotopic (exact) mass is 315 g/mol. The molecule has 5 heteroatoms. The number of aromatic nitrogens is 1. The van der Waals surface area contributed by atoms with Gasteiger partial charge in [0.25, 0.3) is 0 Å². The molecular formula is C12H11BrFNOS. The number of rotatable bonds is 3. The van der Waals surface area contributed by atoms with Crippen molar-refractivity contribution in [1.29, 1.82) is 0 Å². The quantitative estimate of drug-likeness (QED) is 0.938. The van der Waals surface area contributed by atoms with Crippen molar-refractivity contribution in [3.05, 3.63) is 50.1 Å². The molecule has 0 aliphatic rings. The van der Waals surface area contributed by atoms with E-state index >= 15 is 0 Å². The van der Waals surface area contributed by atoms with Crippen LogP contribution in [0.3, 0.4) is 0 Å². The summed E-state index contributed by atoms with van der Waals surface area (Å²) < 4.78 is 14.3. The van der Waals surface area contributed by atoms with Gasteiger partial charge in [-0.2, -0.15) is 0 Å². The molecule has 0 saturated carbocycles. The van der Waals surface area contributed by atoms with Crippen LogP contribution in [-0.4, -0.2) is 10.1 Å². The maximum atomic E-state index is 13.5. The summed E-state index contributed by atoms with van der Waals surface area (Å²) in [5, 5.41) is 12.8. The molecule has 0 radical (unpaired) electrons. The summed E-state index contributed by atoms with van der Waals surface area (Å²) in [6.07, 6.45) is -0.536. The smallest absolute Gasteiger partial charge is 0.129 e. The lowest BCUT2D eigenvalue weighted by Gasteiger charge is -2.10. The number of aryl methyl sites for hydroxylation is 1. The highest BCUT2D eigenvalue weighted by Crippen LogP contribution is 2.24. The Morgan fingerprint density at radius 3 is 2.94 bits per heavy atom. The summed E-state index contributed by atoms with van der Waals surface area (Å²) in [6, 6.07) is 4.55. The Hall–Kier alpha value is -0.780. The van der Waals surface area contributed by atoms with Crippen LogP contribution >= 0.6 is 27.3 Å². The average molecular weight is 316 g/mol. The van der Waals surface area contributed by atoms with Gasteiger partial charge in [-0.1, -0.05) is 15.9 Å². The Labute approximate surface area is 111 Å². The zero-order valence-electron chi connectivity index (χ0n) is 9.15. The molecule has 90 valence electrons. The minimum Gasteiger partial charge on any atom is -0.388 e. The lowest BCUT2D eigenvalue weighted by atomic mass is 10.0.